The van der Waals surface area contributed by atoms with Crippen LogP contribution in [0, 0.1) is 18.7 Å². The van der Waals surface area contributed by atoms with E-state index in [0.29, 0.717) is 5.39 Å². The Labute approximate surface area is 120 Å². The van der Waals surface area contributed by atoms with Crippen LogP contribution in [0.1, 0.15) is 12.5 Å². The van der Waals surface area contributed by atoms with E-state index >= 15 is 0 Å². The molecule has 0 amide bonds. The number of hydrogen-bond donors (Lipinski definition) is 2. The third-order valence-electron chi connectivity index (χ3n) is 3.10. The molecule has 0 saturated carbocycles. The number of carboxylic acid groups (broad SMARTS) is 1. The van der Waals surface area contributed by atoms with E-state index in [1.54, 1.807) is 0 Å². The zero-order valence-electron chi connectivity index (χ0n) is 11.4. The molecule has 1 aromatic carbocycles. The Kier molecular flexibility index (Phi) is 4.02. The minimum absolute atomic E-state index is 0.251. The number of fused-ring (bicyclic) bond motifs is 1. The van der Waals surface area contributed by atoms with Crippen molar-refractivity contribution >= 4 is 27.0 Å². The number of aliphatic carboxylic acids is 1. The average molecular weight is 315 g/mol. The van der Waals surface area contributed by atoms with Crippen molar-refractivity contribution in [3.63, 3.8) is 0 Å². The van der Waals surface area contributed by atoms with Gasteiger partial charge in [-0.05, 0) is 25.1 Å². The molecule has 0 fully saturated rings. The van der Waals surface area contributed by atoms with Crippen molar-refractivity contribution in [2.24, 2.45) is 5.92 Å². The molecular weight excluding hydrogens is 301 g/mol. The molecule has 0 spiro atoms. The van der Waals surface area contributed by atoms with Gasteiger partial charge in [0.15, 0.2) is 0 Å². The van der Waals surface area contributed by atoms with E-state index < -0.39 is 27.7 Å². The van der Waals surface area contributed by atoms with Gasteiger partial charge in [0.1, 0.15) is 11.4 Å². The van der Waals surface area contributed by atoms with Crippen molar-refractivity contribution < 1.29 is 27.1 Å². The Morgan fingerprint density at radius 3 is 2.76 bits per heavy atom. The largest absolute Gasteiger partial charge is 0.481 e. The van der Waals surface area contributed by atoms with Crippen LogP contribution in [0.2, 0.25) is 0 Å². The molecule has 1 heterocycles. The standard InChI is InChI=1S/C13H14FNO5S/c1-7(12(16)17)6-15-21(18,19)13-8(2)10-5-9(14)3-4-11(10)20-13/h3-5,7,15H,6H2,1-2H3,(H,16,17). The van der Waals surface area contributed by atoms with Crippen molar-refractivity contribution in [3.8, 4) is 0 Å². The summed E-state index contributed by atoms with van der Waals surface area (Å²) in [5, 5.41) is 8.78. The molecule has 114 valence electrons. The van der Waals surface area contributed by atoms with Crippen LogP contribution in [-0.4, -0.2) is 26.0 Å². The number of aryl methyl sites for hydroxylation is 1. The number of carbonyl (C=O) groups is 1. The second-order valence-electron chi connectivity index (χ2n) is 4.75. The van der Waals surface area contributed by atoms with Gasteiger partial charge in [0, 0.05) is 17.5 Å². The van der Waals surface area contributed by atoms with E-state index in [0.717, 1.165) is 0 Å². The Balaban J connectivity index is 2.36. The van der Waals surface area contributed by atoms with Crippen molar-refractivity contribution in [1.82, 2.24) is 4.72 Å². The molecule has 8 heteroatoms. The first-order valence-corrected chi connectivity index (χ1v) is 7.62. The van der Waals surface area contributed by atoms with Gasteiger partial charge in [0.05, 0.1) is 5.92 Å². The summed E-state index contributed by atoms with van der Waals surface area (Å²) in [4.78, 5) is 10.7. The topological polar surface area (TPSA) is 96.6 Å². The van der Waals surface area contributed by atoms with Gasteiger partial charge in [-0.3, -0.25) is 4.79 Å². The summed E-state index contributed by atoms with van der Waals surface area (Å²) >= 11 is 0. The van der Waals surface area contributed by atoms with Crippen LogP contribution in [-0.2, 0) is 14.8 Å². The average Bonchev–Trinajstić information content (AvgIpc) is 2.74. The van der Waals surface area contributed by atoms with Gasteiger partial charge in [-0.1, -0.05) is 6.92 Å². The van der Waals surface area contributed by atoms with Gasteiger partial charge in [-0.2, -0.15) is 0 Å². The molecule has 1 unspecified atom stereocenters. The summed E-state index contributed by atoms with van der Waals surface area (Å²) in [6, 6.07) is 3.70. The normalized spacial score (nSPS) is 13.5. The number of furan rings is 1. The molecule has 2 N–H and O–H groups in total. The van der Waals surface area contributed by atoms with Crippen LogP contribution >= 0.6 is 0 Å². The van der Waals surface area contributed by atoms with Crippen molar-refractivity contribution in [1.29, 1.82) is 0 Å². The van der Waals surface area contributed by atoms with E-state index in [1.165, 1.54) is 32.0 Å². The smallest absolute Gasteiger partial charge is 0.307 e. The minimum Gasteiger partial charge on any atom is -0.481 e. The molecule has 6 nitrogen and oxygen atoms in total. The summed E-state index contributed by atoms with van der Waals surface area (Å²) in [6.07, 6.45) is 0. The lowest BCUT2D eigenvalue weighted by Crippen LogP contribution is -2.31. The number of halogens is 1. The fourth-order valence-electron chi connectivity index (χ4n) is 1.81. The molecule has 0 aliphatic rings. The van der Waals surface area contributed by atoms with Crippen LogP contribution in [0.3, 0.4) is 0 Å². The van der Waals surface area contributed by atoms with Gasteiger partial charge >= 0.3 is 5.97 Å². The van der Waals surface area contributed by atoms with E-state index in [9.17, 15) is 17.6 Å². The zero-order valence-corrected chi connectivity index (χ0v) is 12.2. The highest BCUT2D eigenvalue weighted by Crippen LogP contribution is 2.28. The molecule has 21 heavy (non-hydrogen) atoms. The Hall–Kier alpha value is -1.93. The summed E-state index contributed by atoms with van der Waals surface area (Å²) in [5.41, 5.74) is 0.528. The maximum Gasteiger partial charge on any atom is 0.307 e. The van der Waals surface area contributed by atoms with Crippen LogP contribution < -0.4 is 4.72 Å². The summed E-state index contributed by atoms with van der Waals surface area (Å²) in [6.45, 7) is 2.62. The number of hydrogen-bond acceptors (Lipinski definition) is 4. The first kappa shape index (κ1) is 15.5. The first-order chi connectivity index (χ1) is 9.72. The summed E-state index contributed by atoms with van der Waals surface area (Å²) in [5.74, 6) is -2.48. The van der Waals surface area contributed by atoms with Gasteiger partial charge in [-0.15, -0.1) is 0 Å². The first-order valence-electron chi connectivity index (χ1n) is 6.13. The maximum atomic E-state index is 13.2. The number of nitrogens with one attached hydrogen (secondary N) is 1. The molecule has 2 rings (SSSR count). The number of sulfonamides is 1. The van der Waals surface area contributed by atoms with Crippen LogP contribution in [0.4, 0.5) is 4.39 Å². The van der Waals surface area contributed by atoms with E-state index in [4.69, 9.17) is 9.52 Å². The van der Waals surface area contributed by atoms with Crippen molar-refractivity contribution in [3.05, 3.63) is 29.6 Å². The monoisotopic (exact) mass is 315 g/mol. The maximum absolute atomic E-state index is 13.2. The molecule has 2 aromatic rings. The third kappa shape index (κ3) is 3.06. The van der Waals surface area contributed by atoms with E-state index in [1.807, 2.05) is 0 Å². The van der Waals surface area contributed by atoms with E-state index in [2.05, 4.69) is 4.72 Å². The Morgan fingerprint density at radius 2 is 2.14 bits per heavy atom. The molecule has 1 atom stereocenters. The van der Waals surface area contributed by atoms with Gasteiger partial charge in [0.2, 0.25) is 5.09 Å². The fraction of sp³-hybridized carbons (Fsp3) is 0.308. The van der Waals surface area contributed by atoms with Crippen LogP contribution in [0.25, 0.3) is 11.0 Å². The molecule has 0 aliphatic heterocycles. The van der Waals surface area contributed by atoms with Crippen LogP contribution in [0.15, 0.2) is 27.7 Å². The quantitative estimate of drug-likeness (QED) is 0.878. The van der Waals surface area contributed by atoms with E-state index in [-0.39, 0.29) is 22.8 Å². The fourth-order valence-corrected chi connectivity index (χ4v) is 3.13. The molecule has 1 aromatic heterocycles. The van der Waals surface area contributed by atoms with Gasteiger partial charge in [0.25, 0.3) is 10.0 Å². The predicted octanol–water partition coefficient (Wildman–Crippen LogP) is 1.88. The van der Waals surface area contributed by atoms with Crippen molar-refractivity contribution in [2.75, 3.05) is 6.54 Å². The Bertz CT molecular complexity index is 796. The van der Waals surface area contributed by atoms with Gasteiger partial charge in [-0.25, -0.2) is 17.5 Å². The second kappa shape index (κ2) is 5.45. The lowest BCUT2D eigenvalue weighted by Gasteiger charge is -2.07. The molecule has 0 aliphatic carbocycles. The Morgan fingerprint density at radius 1 is 1.48 bits per heavy atom. The SMILES string of the molecule is Cc1c(S(=O)(=O)NCC(C)C(=O)O)oc2ccc(F)cc12. The summed E-state index contributed by atoms with van der Waals surface area (Å²) < 4.78 is 44.9. The zero-order chi connectivity index (χ0) is 15.8. The van der Waals surface area contributed by atoms with Crippen LogP contribution in [0.5, 0.6) is 0 Å². The lowest BCUT2D eigenvalue weighted by molar-refractivity contribution is -0.140. The highest BCUT2D eigenvalue weighted by atomic mass is 32.2. The molecular formula is C13H14FNO5S. The second-order valence-corrected chi connectivity index (χ2v) is 6.41. The molecule has 0 bridgehead atoms. The third-order valence-corrected chi connectivity index (χ3v) is 4.52. The highest BCUT2D eigenvalue weighted by molar-refractivity contribution is 7.89. The highest BCUT2D eigenvalue weighted by Gasteiger charge is 2.25. The lowest BCUT2D eigenvalue weighted by atomic mass is 10.2. The summed E-state index contributed by atoms with van der Waals surface area (Å²) in [7, 11) is -4.00. The minimum atomic E-state index is -4.00. The molecule has 0 radical (unpaired) electrons. The number of benzene rings is 1. The molecule has 0 saturated heterocycles. The number of rotatable bonds is 5. The van der Waals surface area contributed by atoms with Crippen molar-refractivity contribution in [2.45, 2.75) is 18.9 Å². The number of carboxylic acids is 1. The van der Waals surface area contributed by atoms with Gasteiger partial charge < -0.3 is 9.52 Å². The predicted molar refractivity (Wildman–Crippen MR) is 72.9 cm³/mol.